The number of unbranched alkanes of at least 4 members (excludes halogenated alkanes) is 9. The van der Waals surface area contributed by atoms with E-state index in [-0.39, 0.29) is 11.9 Å². The SMILES string of the molecule is CCCCCCCCCCCCOC(=O)/C(C)=C/C=C(\C)C(=O)OCC. The van der Waals surface area contributed by atoms with Gasteiger partial charge in [-0.1, -0.05) is 76.9 Å². The zero-order chi connectivity index (χ0) is 19.6. The lowest BCUT2D eigenvalue weighted by atomic mass is 10.1. The number of hydrogen-bond acceptors (Lipinski definition) is 4. The Hall–Kier alpha value is -1.58. The summed E-state index contributed by atoms with van der Waals surface area (Å²) in [6.07, 6.45) is 15.7. The summed E-state index contributed by atoms with van der Waals surface area (Å²) in [5.74, 6) is -0.691. The van der Waals surface area contributed by atoms with Crippen LogP contribution in [0.2, 0.25) is 0 Å². The monoisotopic (exact) mass is 366 g/mol. The molecule has 0 spiro atoms. The molecule has 0 amide bonds. The van der Waals surface area contributed by atoms with Crippen LogP contribution >= 0.6 is 0 Å². The number of allylic oxidation sites excluding steroid dienone is 2. The molecule has 0 aromatic carbocycles. The van der Waals surface area contributed by atoms with E-state index in [4.69, 9.17) is 9.47 Å². The van der Waals surface area contributed by atoms with Crippen molar-refractivity contribution >= 4 is 11.9 Å². The van der Waals surface area contributed by atoms with Gasteiger partial charge in [0.15, 0.2) is 0 Å². The first-order chi connectivity index (χ1) is 12.5. The van der Waals surface area contributed by atoms with Crippen LogP contribution < -0.4 is 0 Å². The first-order valence-electron chi connectivity index (χ1n) is 10.2. The molecular formula is C22H38O4. The lowest BCUT2D eigenvalue weighted by molar-refractivity contribution is -0.139. The van der Waals surface area contributed by atoms with Crippen molar-refractivity contribution in [2.24, 2.45) is 0 Å². The summed E-state index contributed by atoms with van der Waals surface area (Å²) < 4.78 is 10.2. The Morgan fingerprint density at radius 3 is 1.54 bits per heavy atom. The third-order valence-corrected chi connectivity index (χ3v) is 4.23. The summed E-state index contributed by atoms with van der Waals surface area (Å²) in [6.45, 7) is 8.16. The van der Waals surface area contributed by atoms with Crippen molar-refractivity contribution in [3.8, 4) is 0 Å². The van der Waals surface area contributed by atoms with Gasteiger partial charge in [0.05, 0.1) is 13.2 Å². The van der Waals surface area contributed by atoms with Crippen LogP contribution in [-0.2, 0) is 19.1 Å². The van der Waals surface area contributed by atoms with Gasteiger partial charge in [0.25, 0.3) is 0 Å². The molecule has 0 aromatic heterocycles. The molecule has 0 bridgehead atoms. The van der Waals surface area contributed by atoms with Crippen molar-refractivity contribution in [2.45, 2.75) is 91.9 Å². The quantitative estimate of drug-likeness (QED) is 0.156. The Morgan fingerprint density at radius 1 is 0.654 bits per heavy atom. The van der Waals surface area contributed by atoms with Crippen molar-refractivity contribution in [2.75, 3.05) is 13.2 Å². The normalized spacial score (nSPS) is 12.2. The van der Waals surface area contributed by atoms with E-state index in [0.29, 0.717) is 24.4 Å². The van der Waals surface area contributed by atoms with E-state index in [0.717, 1.165) is 12.8 Å². The summed E-state index contributed by atoms with van der Waals surface area (Å²) >= 11 is 0. The van der Waals surface area contributed by atoms with Crippen LogP contribution in [0.5, 0.6) is 0 Å². The third-order valence-electron chi connectivity index (χ3n) is 4.23. The minimum atomic E-state index is -0.365. The van der Waals surface area contributed by atoms with Gasteiger partial charge in [-0.3, -0.25) is 0 Å². The van der Waals surface area contributed by atoms with Crippen LogP contribution in [-0.4, -0.2) is 25.2 Å². The van der Waals surface area contributed by atoms with Gasteiger partial charge < -0.3 is 9.47 Å². The van der Waals surface area contributed by atoms with E-state index in [1.54, 1.807) is 32.9 Å². The first-order valence-corrected chi connectivity index (χ1v) is 10.2. The average Bonchev–Trinajstić information content (AvgIpc) is 2.63. The van der Waals surface area contributed by atoms with Crippen molar-refractivity contribution in [1.29, 1.82) is 0 Å². The molecule has 150 valence electrons. The average molecular weight is 367 g/mol. The lowest BCUT2D eigenvalue weighted by Crippen LogP contribution is -2.07. The maximum absolute atomic E-state index is 11.9. The fraction of sp³-hybridized carbons (Fsp3) is 0.727. The molecule has 0 atom stereocenters. The van der Waals surface area contributed by atoms with Crippen LogP contribution in [0.3, 0.4) is 0 Å². The summed E-state index contributed by atoms with van der Waals surface area (Å²) in [6, 6.07) is 0. The summed E-state index contributed by atoms with van der Waals surface area (Å²) in [7, 11) is 0. The second-order valence-corrected chi connectivity index (χ2v) is 6.74. The molecule has 26 heavy (non-hydrogen) atoms. The van der Waals surface area contributed by atoms with Crippen LogP contribution in [0.25, 0.3) is 0 Å². The largest absolute Gasteiger partial charge is 0.463 e. The highest BCUT2D eigenvalue weighted by atomic mass is 16.5. The van der Waals surface area contributed by atoms with E-state index < -0.39 is 0 Å². The van der Waals surface area contributed by atoms with Gasteiger partial charge in [-0.25, -0.2) is 9.59 Å². The van der Waals surface area contributed by atoms with Gasteiger partial charge in [-0.15, -0.1) is 0 Å². The van der Waals surface area contributed by atoms with E-state index in [9.17, 15) is 9.59 Å². The van der Waals surface area contributed by atoms with Gasteiger partial charge in [0.2, 0.25) is 0 Å². The second-order valence-electron chi connectivity index (χ2n) is 6.74. The van der Waals surface area contributed by atoms with Crippen LogP contribution in [0.1, 0.15) is 91.9 Å². The topological polar surface area (TPSA) is 52.6 Å². The molecule has 0 rings (SSSR count). The molecule has 0 aliphatic carbocycles. The molecule has 0 aromatic rings. The number of hydrogen-bond donors (Lipinski definition) is 0. The lowest BCUT2D eigenvalue weighted by Gasteiger charge is -2.05. The third kappa shape index (κ3) is 13.7. The van der Waals surface area contributed by atoms with Gasteiger partial charge in [-0.05, 0) is 27.2 Å². The van der Waals surface area contributed by atoms with Crippen LogP contribution in [0.4, 0.5) is 0 Å². The molecule has 0 radical (unpaired) electrons. The molecular weight excluding hydrogens is 328 g/mol. The molecule has 0 saturated carbocycles. The molecule has 0 fully saturated rings. The predicted octanol–water partition coefficient (Wildman–Crippen LogP) is 5.91. The zero-order valence-corrected chi connectivity index (χ0v) is 17.3. The minimum Gasteiger partial charge on any atom is -0.463 e. The molecule has 0 aliphatic heterocycles. The van der Waals surface area contributed by atoms with E-state index in [1.165, 1.54) is 51.4 Å². The number of carbonyl (C=O) groups is 2. The minimum absolute atomic E-state index is 0.325. The highest BCUT2D eigenvalue weighted by Crippen LogP contribution is 2.11. The van der Waals surface area contributed by atoms with Crippen molar-refractivity contribution in [3.05, 3.63) is 23.3 Å². The smallest absolute Gasteiger partial charge is 0.333 e. The number of rotatable bonds is 15. The fourth-order valence-corrected chi connectivity index (χ4v) is 2.50. The maximum atomic E-state index is 11.9. The molecule has 4 nitrogen and oxygen atoms in total. The van der Waals surface area contributed by atoms with Crippen LogP contribution in [0, 0.1) is 0 Å². The van der Waals surface area contributed by atoms with E-state index >= 15 is 0 Å². The van der Waals surface area contributed by atoms with Gasteiger partial charge in [-0.2, -0.15) is 0 Å². The Bertz CT molecular complexity index is 449. The highest BCUT2D eigenvalue weighted by Gasteiger charge is 2.06. The number of carbonyl (C=O) groups excluding carboxylic acids is 2. The number of ether oxygens (including phenoxy) is 2. The Kier molecular flexibility index (Phi) is 15.8. The molecule has 0 aliphatic rings. The Balaban J connectivity index is 3.77. The van der Waals surface area contributed by atoms with Crippen LogP contribution in [0.15, 0.2) is 23.3 Å². The van der Waals surface area contributed by atoms with E-state index in [2.05, 4.69) is 6.92 Å². The summed E-state index contributed by atoms with van der Waals surface area (Å²) in [4.78, 5) is 23.3. The van der Waals surface area contributed by atoms with Gasteiger partial charge in [0, 0.05) is 11.1 Å². The number of esters is 2. The molecule has 0 unspecified atom stereocenters. The zero-order valence-electron chi connectivity index (χ0n) is 17.3. The molecule has 0 heterocycles. The summed E-state index contributed by atoms with van der Waals surface area (Å²) in [5.41, 5.74) is 0.953. The second kappa shape index (κ2) is 16.9. The van der Waals surface area contributed by atoms with Gasteiger partial charge >= 0.3 is 11.9 Å². The molecule has 0 N–H and O–H groups in total. The van der Waals surface area contributed by atoms with Crippen molar-refractivity contribution in [1.82, 2.24) is 0 Å². The van der Waals surface area contributed by atoms with Crippen molar-refractivity contribution < 1.29 is 19.1 Å². The fourth-order valence-electron chi connectivity index (χ4n) is 2.50. The van der Waals surface area contributed by atoms with Crippen molar-refractivity contribution in [3.63, 3.8) is 0 Å². The Labute approximate surface area is 160 Å². The standard InChI is InChI=1S/C22H38O4/c1-5-7-8-9-10-11-12-13-14-15-18-26-22(24)20(4)17-16-19(3)21(23)25-6-2/h16-17H,5-15,18H2,1-4H3/b19-16+,20-17+. The predicted molar refractivity (Wildman–Crippen MR) is 107 cm³/mol. The molecule has 4 heteroatoms. The first kappa shape index (κ1) is 24.4. The Morgan fingerprint density at radius 2 is 1.08 bits per heavy atom. The van der Waals surface area contributed by atoms with Gasteiger partial charge in [0.1, 0.15) is 0 Å². The summed E-state index contributed by atoms with van der Waals surface area (Å²) in [5, 5.41) is 0. The molecule has 0 saturated heterocycles. The maximum Gasteiger partial charge on any atom is 0.333 e. The van der Waals surface area contributed by atoms with E-state index in [1.807, 2.05) is 0 Å². The highest BCUT2D eigenvalue weighted by molar-refractivity contribution is 5.90.